The second-order valence-corrected chi connectivity index (χ2v) is 4.08. The van der Waals surface area contributed by atoms with Gasteiger partial charge >= 0.3 is 0 Å². The van der Waals surface area contributed by atoms with Gasteiger partial charge in [-0.25, -0.2) is 0 Å². The number of likely N-dealkylation sites (N-methyl/N-ethyl adjacent to an activating group) is 1. The lowest BCUT2D eigenvalue weighted by atomic mass is 10.0. The maximum atomic E-state index is 11.4. The zero-order valence-electron chi connectivity index (χ0n) is 10.7. The molecular weight excluding hydrogens is 260 g/mol. The average molecular weight is 277 g/mol. The van der Waals surface area contributed by atoms with Crippen LogP contribution in [0.3, 0.4) is 0 Å². The SMILES string of the molecule is CNC(=O)C(N)c1ccc(-c2ccccc2)cc1.Cl. The number of rotatable bonds is 3. The smallest absolute Gasteiger partial charge is 0.241 e. The topological polar surface area (TPSA) is 55.1 Å². The van der Waals surface area contributed by atoms with E-state index in [0.29, 0.717) is 0 Å². The normalized spacial score (nSPS) is 11.3. The molecule has 0 aliphatic carbocycles. The maximum absolute atomic E-state index is 11.4. The van der Waals surface area contributed by atoms with Gasteiger partial charge in [-0.2, -0.15) is 0 Å². The molecule has 2 aromatic carbocycles. The van der Waals surface area contributed by atoms with Crippen LogP contribution < -0.4 is 11.1 Å². The van der Waals surface area contributed by atoms with E-state index in [-0.39, 0.29) is 18.3 Å². The highest BCUT2D eigenvalue weighted by atomic mass is 35.5. The molecule has 0 spiro atoms. The van der Waals surface area contributed by atoms with E-state index in [1.165, 1.54) is 0 Å². The van der Waals surface area contributed by atoms with Crippen molar-refractivity contribution < 1.29 is 4.79 Å². The summed E-state index contributed by atoms with van der Waals surface area (Å²) in [4.78, 5) is 11.4. The molecule has 100 valence electrons. The van der Waals surface area contributed by atoms with Crippen molar-refractivity contribution in [2.24, 2.45) is 5.73 Å². The molecule has 0 heterocycles. The standard InChI is InChI=1S/C15H16N2O.ClH/c1-17-15(18)14(16)13-9-7-12(8-10-13)11-5-3-2-4-6-11;/h2-10,14H,16H2,1H3,(H,17,18);1H. The fourth-order valence-electron chi connectivity index (χ4n) is 1.82. The van der Waals surface area contributed by atoms with Gasteiger partial charge in [-0.05, 0) is 16.7 Å². The van der Waals surface area contributed by atoms with Crippen LogP contribution in [0.25, 0.3) is 11.1 Å². The molecule has 1 amide bonds. The first-order chi connectivity index (χ1) is 8.72. The Morgan fingerprint density at radius 3 is 2.05 bits per heavy atom. The lowest BCUT2D eigenvalue weighted by Gasteiger charge is -2.11. The van der Waals surface area contributed by atoms with Gasteiger partial charge in [0.05, 0.1) is 0 Å². The van der Waals surface area contributed by atoms with Crippen LogP contribution in [0.1, 0.15) is 11.6 Å². The second kappa shape index (κ2) is 6.92. The molecule has 2 aromatic rings. The van der Waals surface area contributed by atoms with E-state index < -0.39 is 6.04 Å². The van der Waals surface area contributed by atoms with E-state index in [9.17, 15) is 4.79 Å². The Labute approximate surface area is 119 Å². The number of nitrogens with two attached hydrogens (primary N) is 1. The van der Waals surface area contributed by atoms with Gasteiger partial charge in [0.1, 0.15) is 6.04 Å². The van der Waals surface area contributed by atoms with Crippen molar-refractivity contribution in [2.45, 2.75) is 6.04 Å². The average Bonchev–Trinajstić information content (AvgIpc) is 2.47. The number of halogens is 1. The number of hydrogen-bond acceptors (Lipinski definition) is 2. The molecular formula is C15H17ClN2O. The Hall–Kier alpha value is -1.84. The van der Waals surface area contributed by atoms with Gasteiger partial charge in [-0.3, -0.25) is 4.79 Å². The van der Waals surface area contributed by atoms with Crippen LogP contribution in [0.5, 0.6) is 0 Å². The summed E-state index contributed by atoms with van der Waals surface area (Å²) in [5.41, 5.74) is 8.90. The van der Waals surface area contributed by atoms with Crippen molar-refractivity contribution in [1.29, 1.82) is 0 Å². The highest BCUT2D eigenvalue weighted by Crippen LogP contribution is 2.21. The zero-order valence-corrected chi connectivity index (χ0v) is 11.5. The molecule has 0 fully saturated rings. The molecule has 0 aliphatic heterocycles. The highest BCUT2D eigenvalue weighted by molar-refractivity contribution is 5.85. The first-order valence-corrected chi connectivity index (χ1v) is 5.85. The minimum absolute atomic E-state index is 0. The minimum atomic E-state index is -0.611. The summed E-state index contributed by atoms with van der Waals surface area (Å²) in [6.07, 6.45) is 0. The third-order valence-corrected chi connectivity index (χ3v) is 2.91. The number of carbonyl (C=O) groups excluding carboxylic acids is 1. The van der Waals surface area contributed by atoms with Crippen LogP contribution in [0.2, 0.25) is 0 Å². The molecule has 0 bridgehead atoms. The van der Waals surface area contributed by atoms with E-state index in [1.807, 2.05) is 54.6 Å². The van der Waals surface area contributed by atoms with Gasteiger partial charge in [0.2, 0.25) is 5.91 Å². The monoisotopic (exact) mass is 276 g/mol. The Kier molecular flexibility index (Phi) is 5.55. The van der Waals surface area contributed by atoms with Crippen molar-refractivity contribution in [3.8, 4) is 11.1 Å². The van der Waals surface area contributed by atoms with Crippen LogP contribution in [-0.4, -0.2) is 13.0 Å². The lowest BCUT2D eigenvalue weighted by molar-refractivity contribution is -0.121. The maximum Gasteiger partial charge on any atom is 0.241 e. The molecule has 1 unspecified atom stereocenters. The third kappa shape index (κ3) is 3.56. The minimum Gasteiger partial charge on any atom is -0.358 e. The van der Waals surface area contributed by atoms with Crippen LogP contribution in [0.4, 0.5) is 0 Å². The fourth-order valence-corrected chi connectivity index (χ4v) is 1.82. The van der Waals surface area contributed by atoms with Crippen molar-refractivity contribution >= 4 is 18.3 Å². The van der Waals surface area contributed by atoms with Gasteiger partial charge in [-0.15, -0.1) is 12.4 Å². The molecule has 0 aliphatic rings. The fraction of sp³-hybridized carbons (Fsp3) is 0.133. The van der Waals surface area contributed by atoms with Gasteiger partial charge in [0, 0.05) is 7.05 Å². The molecule has 1 atom stereocenters. The van der Waals surface area contributed by atoms with Crippen LogP contribution >= 0.6 is 12.4 Å². The summed E-state index contributed by atoms with van der Waals surface area (Å²) >= 11 is 0. The van der Waals surface area contributed by atoms with Crippen LogP contribution in [0, 0.1) is 0 Å². The summed E-state index contributed by atoms with van der Waals surface area (Å²) in [7, 11) is 1.58. The summed E-state index contributed by atoms with van der Waals surface area (Å²) in [6, 6.07) is 17.2. The molecule has 0 aromatic heterocycles. The predicted octanol–water partition coefficient (Wildman–Crippen LogP) is 2.52. The number of nitrogens with one attached hydrogen (secondary N) is 1. The van der Waals surface area contributed by atoms with Crippen molar-refractivity contribution in [3.63, 3.8) is 0 Å². The van der Waals surface area contributed by atoms with Crippen molar-refractivity contribution in [1.82, 2.24) is 5.32 Å². The van der Waals surface area contributed by atoms with Crippen LogP contribution in [-0.2, 0) is 4.79 Å². The number of carbonyl (C=O) groups is 1. The van der Waals surface area contributed by atoms with E-state index in [1.54, 1.807) is 7.05 Å². The van der Waals surface area contributed by atoms with E-state index in [2.05, 4.69) is 5.32 Å². The Balaban J connectivity index is 0.00000180. The molecule has 3 nitrogen and oxygen atoms in total. The molecule has 0 saturated carbocycles. The van der Waals surface area contributed by atoms with Gasteiger partial charge in [0.25, 0.3) is 0 Å². The van der Waals surface area contributed by atoms with Crippen LogP contribution in [0.15, 0.2) is 54.6 Å². The first-order valence-electron chi connectivity index (χ1n) is 5.85. The van der Waals surface area contributed by atoms with E-state index >= 15 is 0 Å². The van der Waals surface area contributed by atoms with Crippen molar-refractivity contribution in [2.75, 3.05) is 7.05 Å². The lowest BCUT2D eigenvalue weighted by Crippen LogP contribution is -2.31. The molecule has 0 radical (unpaired) electrons. The summed E-state index contributed by atoms with van der Waals surface area (Å²) in [5.74, 6) is -0.178. The van der Waals surface area contributed by atoms with Gasteiger partial charge in [0.15, 0.2) is 0 Å². The Bertz CT molecular complexity index is 526. The molecule has 4 heteroatoms. The summed E-state index contributed by atoms with van der Waals surface area (Å²) in [5, 5.41) is 2.55. The van der Waals surface area contributed by atoms with Gasteiger partial charge < -0.3 is 11.1 Å². The summed E-state index contributed by atoms with van der Waals surface area (Å²) < 4.78 is 0. The van der Waals surface area contributed by atoms with Crippen molar-refractivity contribution in [3.05, 3.63) is 60.2 Å². The largest absolute Gasteiger partial charge is 0.358 e. The first kappa shape index (κ1) is 15.2. The predicted molar refractivity (Wildman–Crippen MR) is 80.1 cm³/mol. The molecule has 3 N–H and O–H groups in total. The van der Waals surface area contributed by atoms with E-state index in [0.717, 1.165) is 16.7 Å². The van der Waals surface area contributed by atoms with Gasteiger partial charge in [-0.1, -0.05) is 54.6 Å². The quantitative estimate of drug-likeness (QED) is 0.905. The van der Waals surface area contributed by atoms with E-state index in [4.69, 9.17) is 5.73 Å². The second-order valence-electron chi connectivity index (χ2n) is 4.08. The highest BCUT2D eigenvalue weighted by Gasteiger charge is 2.13. The third-order valence-electron chi connectivity index (χ3n) is 2.91. The number of benzene rings is 2. The number of hydrogen-bond donors (Lipinski definition) is 2. The Morgan fingerprint density at radius 2 is 1.53 bits per heavy atom. The molecule has 19 heavy (non-hydrogen) atoms. The summed E-state index contributed by atoms with van der Waals surface area (Å²) in [6.45, 7) is 0. The Morgan fingerprint density at radius 1 is 1.00 bits per heavy atom. The molecule has 2 rings (SSSR count). The zero-order chi connectivity index (χ0) is 13.0. The molecule has 0 saturated heterocycles. The number of amides is 1.